The molecule has 1 N–H and O–H groups in total. The quantitative estimate of drug-likeness (QED) is 0.421. The highest BCUT2D eigenvalue weighted by molar-refractivity contribution is 9.10. The highest BCUT2D eigenvalue weighted by Crippen LogP contribution is 2.34. The van der Waals surface area contributed by atoms with Crippen LogP contribution in [-0.4, -0.2) is 13.2 Å². The summed E-state index contributed by atoms with van der Waals surface area (Å²) < 4.78 is 12.9. The van der Waals surface area contributed by atoms with Gasteiger partial charge in [-0.2, -0.15) is 0 Å². The molecule has 0 unspecified atom stereocenters. The van der Waals surface area contributed by atoms with Crippen molar-refractivity contribution in [1.82, 2.24) is 5.32 Å². The van der Waals surface area contributed by atoms with E-state index in [-0.39, 0.29) is 0 Å². The number of rotatable bonds is 12. The largest absolute Gasteiger partial charge is 0.490 e. The monoisotopic (exact) mass is 419 g/mol. The molecule has 26 heavy (non-hydrogen) atoms. The van der Waals surface area contributed by atoms with Gasteiger partial charge in [-0.25, -0.2) is 0 Å². The molecule has 0 amide bonds. The van der Waals surface area contributed by atoms with Crippen LogP contribution in [0.2, 0.25) is 0 Å². The molecule has 0 aliphatic rings. The molecule has 0 atom stereocenters. The van der Waals surface area contributed by atoms with Crippen molar-refractivity contribution in [1.29, 1.82) is 0 Å². The lowest BCUT2D eigenvalue weighted by atomic mass is 10.1. The maximum Gasteiger partial charge on any atom is 0.162 e. The predicted molar refractivity (Wildman–Crippen MR) is 112 cm³/mol. The number of halogens is 1. The Hall–Kier alpha value is -1.52. The fourth-order valence-corrected chi connectivity index (χ4v) is 3.19. The third kappa shape index (κ3) is 7.00. The van der Waals surface area contributed by atoms with Crippen LogP contribution in [0.4, 0.5) is 0 Å². The molecule has 0 saturated heterocycles. The molecule has 2 aromatic rings. The molecule has 0 heterocycles. The van der Waals surface area contributed by atoms with Crippen LogP contribution in [0.3, 0.4) is 0 Å². The van der Waals surface area contributed by atoms with Gasteiger partial charge in [0.15, 0.2) is 11.5 Å². The Bertz CT molecular complexity index is 646. The first-order valence-corrected chi connectivity index (χ1v) is 10.4. The molecule has 0 bridgehead atoms. The molecule has 0 aromatic heterocycles. The molecule has 0 spiro atoms. The van der Waals surface area contributed by atoms with Gasteiger partial charge in [-0.15, -0.1) is 0 Å². The Morgan fingerprint density at radius 3 is 2.42 bits per heavy atom. The smallest absolute Gasteiger partial charge is 0.162 e. The second-order valence-electron chi connectivity index (χ2n) is 6.34. The van der Waals surface area contributed by atoms with Crippen molar-refractivity contribution in [2.75, 3.05) is 13.2 Å². The number of hydrogen-bond acceptors (Lipinski definition) is 3. The Balaban J connectivity index is 1.97. The second kappa shape index (κ2) is 12.0. The second-order valence-corrected chi connectivity index (χ2v) is 7.19. The molecule has 0 saturated carbocycles. The average molecular weight is 420 g/mol. The molecule has 0 fully saturated rings. The van der Waals surface area contributed by atoms with E-state index in [1.54, 1.807) is 0 Å². The Morgan fingerprint density at radius 1 is 0.923 bits per heavy atom. The van der Waals surface area contributed by atoms with E-state index in [2.05, 4.69) is 46.4 Å². The maximum absolute atomic E-state index is 6.01. The van der Waals surface area contributed by atoms with Crippen LogP contribution >= 0.6 is 15.9 Å². The van der Waals surface area contributed by atoms with Gasteiger partial charge in [0.2, 0.25) is 0 Å². The highest BCUT2D eigenvalue weighted by atomic mass is 79.9. The van der Waals surface area contributed by atoms with Crippen LogP contribution in [0, 0.1) is 0 Å². The third-order valence-electron chi connectivity index (χ3n) is 4.17. The maximum atomic E-state index is 6.01. The summed E-state index contributed by atoms with van der Waals surface area (Å²) in [5.41, 5.74) is 2.33. The van der Waals surface area contributed by atoms with Crippen LogP contribution in [-0.2, 0) is 13.2 Å². The number of hydrogen-bond donors (Lipinski definition) is 1. The van der Waals surface area contributed by atoms with Crippen LogP contribution in [0.5, 0.6) is 11.5 Å². The average Bonchev–Trinajstić information content (AvgIpc) is 2.66. The van der Waals surface area contributed by atoms with E-state index in [1.807, 2.05) is 31.2 Å². The summed E-state index contributed by atoms with van der Waals surface area (Å²) in [6, 6.07) is 14.3. The van der Waals surface area contributed by atoms with Gasteiger partial charge in [0, 0.05) is 11.0 Å². The van der Waals surface area contributed by atoms with E-state index < -0.39 is 0 Å². The summed E-state index contributed by atoms with van der Waals surface area (Å²) in [7, 11) is 0. The van der Waals surface area contributed by atoms with Gasteiger partial charge in [-0.05, 0) is 43.1 Å². The molecular formula is C22H30BrNO2. The zero-order valence-corrected chi connectivity index (χ0v) is 17.5. The van der Waals surface area contributed by atoms with E-state index in [0.29, 0.717) is 13.2 Å². The van der Waals surface area contributed by atoms with Crippen LogP contribution in [0.1, 0.15) is 50.7 Å². The molecule has 142 valence electrons. The lowest BCUT2D eigenvalue weighted by Crippen LogP contribution is -2.15. The standard InChI is InChI=1S/C22H30BrNO2/c1-3-5-6-10-13-24-16-19-14-21(25-4-2)22(15-20(19)23)26-17-18-11-8-7-9-12-18/h7-9,11-12,14-15,24H,3-6,10,13,16-17H2,1-2H3. The van der Waals surface area contributed by atoms with Crippen molar-refractivity contribution in [2.45, 2.75) is 52.7 Å². The normalized spacial score (nSPS) is 10.7. The number of nitrogens with one attached hydrogen (secondary N) is 1. The Morgan fingerprint density at radius 2 is 1.69 bits per heavy atom. The van der Waals surface area contributed by atoms with Crippen molar-refractivity contribution < 1.29 is 9.47 Å². The van der Waals surface area contributed by atoms with Gasteiger partial charge < -0.3 is 14.8 Å². The summed E-state index contributed by atoms with van der Waals surface area (Å²) in [4.78, 5) is 0. The predicted octanol–water partition coefficient (Wildman–Crippen LogP) is 6.10. The molecule has 2 aromatic carbocycles. The Labute approximate surface area is 166 Å². The lowest BCUT2D eigenvalue weighted by molar-refractivity contribution is 0.269. The van der Waals surface area contributed by atoms with E-state index >= 15 is 0 Å². The summed E-state index contributed by atoms with van der Waals surface area (Å²) in [5.74, 6) is 1.57. The van der Waals surface area contributed by atoms with Crippen LogP contribution in [0.15, 0.2) is 46.9 Å². The minimum atomic E-state index is 0.530. The summed E-state index contributed by atoms with van der Waals surface area (Å²) in [6.45, 7) is 7.25. The van der Waals surface area contributed by atoms with Crippen molar-refractivity contribution in [3.05, 3.63) is 58.1 Å². The summed E-state index contributed by atoms with van der Waals surface area (Å²) in [5, 5.41) is 3.52. The SMILES string of the molecule is CCCCCCNCc1cc(OCC)c(OCc2ccccc2)cc1Br. The van der Waals surface area contributed by atoms with Gasteiger partial charge in [-0.3, -0.25) is 0 Å². The first-order chi connectivity index (χ1) is 12.7. The molecule has 4 heteroatoms. The fourth-order valence-electron chi connectivity index (χ4n) is 2.73. The van der Waals surface area contributed by atoms with E-state index in [1.165, 1.54) is 31.2 Å². The first-order valence-electron chi connectivity index (χ1n) is 9.57. The molecule has 0 aliphatic carbocycles. The topological polar surface area (TPSA) is 30.5 Å². The summed E-state index contributed by atoms with van der Waals surface area (Å²) in [6.07, 6.45) is 5.10. The fraction of sp³-hybridized carbons (Fsp3) is 0.455. The third-order valence-corrected chi connectivity index (χ3v) is 4.91. The van der Waals surface area contributed by atoms with Crippen molar-refractivity contribution in [2.24, 2.45) is 0 Å². The van der Waals surface area contributed by atoms with Gasteiger partial charge in [0.05, 0.1) is 6.61 Å². The van der Waals surface area contributed by atoms with E-state index in [9.17, 15) is 0 Å². The molecule has 0 aliphatic heterocycles. The van der Waals surface area contributed by atoms with E-state index in [4.69, 9.17) is 9.47 Å². The minimum absolute atomic E-state index is 0.530. The van der Waals surface area contributed by atoms with Gasteiger partial charge in [-0.1, -0.05) is 72.4 Å². The van der Waals surface area contributed by atoms with Crippen molar-refractivity contribution in [3.8, 4) is 11.5 Å². The Kier molecular flexibility index (Phi) is 9.57. The zero-order chi connectivity index (χ0) is 18.6. The van der Waals surface area contributed by atoms with Crippen molar-refractivity contribution in [3.63, 3.8) is 0 Å². The number of ether oxygens (including phenoxy) is 2. The van der Waals surface area contributed by atoms with Gasteiger partial charge in [0.1, 0.15) is 6.61 Å². The van der Waals surface area contributed by atoms with E-state index in [0.717, 1.165) is 34.6 Å². The van der Waals surface area contributed by atoms with Gasteiger partial charge >= 0.3 is 0 Å². The molecule has 3 nitrogen and oxygen atoms in total. The van der Waals surface area contributed by atoms with Crippen LogP contribution in [0.25, 0.3) is 0 Å². The first kappa shape index (κ1) is 20.8. The molecular weight excluding hydrogens is 390 g/mol. The number of unbranched alkanes of at least 4 members (excludes halogenated alkanes) is 3. The number of benzene rings is 2. The zero-order valence-electron chi connectivity index (χ0n) is 15.9. The minimum Gasteiger partial charge on any atom is -0.490 e. The van der Waals surface area contributed by atoms with Crippen LogP contribution < -0.4 is 14.8 Å². The summed E-state index contributed by atoms with van der Waals surface area (Å²) >= 11 is 3.68. The van der Waals surface area contributed by atoms with Crippen molar-refractivity contribution >= 4 is 15.9 Å². The lowest BCUT2D eigenvalue weighted by Gasteiger charge is -2.15. The molecule has 0 radical (unpaired) electrons. The van der Waals surface area contributed by atoms with Gasteiger partial charge in [0.25, 0.3) is 0 Å². The highest BCUT2D eigenvalue weighted by Gasteiger charge is 2.11. The molecule has 2 rings (SSSR count).